The first-order valence-electron chi connectivity index (χ1n) is 9.49. The molecule has 0 aliphatic heterocycles. The molecule has 1 atom stereocenters. The predicted molar refractivity (Wildman–Crippen MR) is 112 cm³/mol. The van der Waals surface area contributed by atoms with Gasteiger partial charge in [-0.1, -0.05) is 30.3 Å². The fourth-order valence-corrected chi connectivity index (χ4v) is 5.12. The van der Waals surface area contributed by atoms with Crippen molar-refractivity contribution < 1.29 is 18.3 Å². The molecule has 0 aliphatic carbocycles. The quantitative estimate of drug-likeness (QED) is 0.455. The van der Waals surface area contributed by atoms with Gasteiger partial charge in [-0.3, -0.25) is 9.55 Å². The van der Waals surface area contributed by atoms with Crippen LogP contribution in [0.4, 0.5) is 0 Å². The molecular weight excluding hydrogens is 389 g/mol. The average Bonchev–Trinajstić information content (AvgIpc) is 3.07. The number of imidazole rings is 1. The number of rotatable bonds is 9. The Balaban J connectivity index is 2.22. The van der Waals surface area contributed by atoms with E-state index >= 15 is 0 Å². The molecule has 0 spiro atoms. The summed E-state index contributed by atoms with van der Waals surface area (Å²) in [6, 6.07) is 13.7. The monoisotopic (exact) mass is 415 g/mol. The molecule has 3 aromatic rings. The lowest BCUT2D eigenvalue weighted by Gasteiger charge is -2.24. The van der Waals surface area contributed by atoms with Gasteiger partial charge in [0.2, 0.25) is 5.85 Å². The molecule has 0 fully saturated rings. The number of aromatic nitrogens is 3. The van der Waals surface area contributed by atoms with Gasteiger partial charge < -0.3 is 18.4 Å². The summed E-state index contributed by atoms with van der Waals surface area (Å²) in [6.45, 7) is 4.03. The van der Waals surface area contributed by atoms with Crippen LogP contribution in [0.2, 0.25) is 0 Å². The zero-order chi connectivity index (χ0) is 20.9. The lowest BCUT2D eigenvalue weighted by atomic mass is 10.1. The van der Waals surface area contributed by atoms with Crippen molar-refractivity contribution >= 4 is 7.60 Å². The third-order valence-corrected chi connectivity index (χ3v) is 6.73. The largest absolute Gasteiger partial charge is 0.366 e. The number of hydrogen-bond acceptors (Lipinski definition) is 6. The average molecular weight is 415 g/mol. The lowest BCUT2D eigenvalue weighted by Crippen LogP contribution is -2.13. The van der Waals surface area contributed by atoms with E-state index in [1.807, 2.05) is 54.1 Å². The number of pyridine rings is 1. The molecule has 1 aromatic carbocycles. The van der Waals surface area contributed by atoms with E-state index in [-0.39, 0.29) is 13.2 Å². The van der Waals surface area contributed by atoms with E-state index in [4.69, 9.17) is 18.8 Å². The molecule has 0 radical (unpaired) electrons. The van der Waals surface area contributed by atoms with Crippen molar-refractivity contribution in [2.75, 3.05) is 20.3 Å². The number of methoxy groups -OCH3 is 1. The van der Waals surface area contributed by atoms with Crippen LogP contribution in [0.1, 0.15) is 25.5 Å². The van der Waals surface area contributed by atoms with Gasteiger partial charge in [-0.05, 0) is 26.0 Å². The minimum Gasteiger partial charge on any atom is -0.362 e. The first kappa shape index (κ1) is 21.4. The van der Waals surface area contributed by atoms with E-state index in [1.54, 1.807) is 26.2 Å². The first-order valence-corrected chi connectivity index (χ1v) is 11.1. The van der Waals surface area contributed by atoms with Crippen molar-refractivity contribution in [3.8, 4) is 22.5 Å². The van der Waals surface area contributed by atoms with Gasteiger partial charge in [0.25, 0.3) is 0 Å². The van der Waals surface area contributed by atoms with Gasteiger partial charge in [0.05, 0.1) is 24.6 Å². The Morgan fingerprint density at radius 2 is 1.62 bits per heavy atom. The summed E-state index contributed by atoms with van der Waals surface area (Å²) in [5.41, 5.74) is 3.52. The first-order chi connectivity index (χ1) is 14.1. The molecule has 0 amide bonds. The SMILES string of the molecule is CCOP(=O)(OCC)C(OC)c1nc(-c2ccccc2)c(-c2ccncc2)n1C. The molecule has 2 heterocycles. The number of hydrogen-bond donors (Lipinski definition) is 0. The second-order valence-corrected chi connectivity index (χ2v) is 8.36. The van der Waals surface area contributed by atoms with E-state index in [9.17, 15) is 4.57 Å². The Labute approximate surface area is 171 Å². The van der Waals surface area contributed by atoms with Crippen molar-refractivity contribution in [1.82, 2.24) is 14.5 Å². The minimum atomic E-state index is -3.59. The van der Waals surface area contributed by atoms with E-state index in [2.05, 4.69) is 4.98 Å². The molecule has 7 nitrogen and oxygen atoms in total. The summed E-state index contributed by atoms with van der Waals surface area (Å²) < 4.78 is 32.0. The smallest absolute Gasteiger partial charge is 0.362 e. The summed E-state index contributed by atoms with van der Waals surface area (Å²) in [7, 11) is -0.228. The van der Waals surface area contributed by atoms with Crippen molar-refractivity contribution in [2.24, 2.45) is 7.05 Å². The molecule has 154 valence electrons. The number of benzene rings is 1. The molecular formula is C21H26N3O4P. The normalized spacial score (nSPS) is 12.8. The Morgan fingerprint density at radius 1 is 1.00 bits per heavy atom. The van der Waals surface area contributed by atoms with Gasteiger partial charge in [0.15, 0.2) is 5.82 Å². The van der Waals surface area contributed by atoms with Gasteiger partial charge in [0, 0.05) is 37.7 Å². The van der Waals surface area contributed by atoms with Gasteiger partial charge in [-0.25, -0.2) is 4.98 Å². The molecule has 8 heteroatoms. The highest BCUT2D eigenvalue weighted by atomic mass is 31.2. The molecule has 3 rings (SSSR count). The molecule has 0 saturated heterocycles. The van der Waals surface area contributed by atoms with Crippen LogP contribution in [-0.2, 0) is 25.4 Å². The fraction of sp³-hybridized carbons (Fsp3) is 0.333. The van der Waals surface area contributed by atoms with Crippen LogP contribution in [0, 0.1) is 0 Å². The number of nitrogens with zero attached hydrogens (tertiary/aromatic N) is 3. The van der Waals surface area contributed by atoms with Gasteiger partial charge in [-0.2, -0.15) is 0 Å². The lowest BCUT2D eigenvalue weighted by molar-refractivity contribution is 0.103. The Hall–Kier alpha value is -2.31. The predicted octanol–water partition coefficient (Wildman–Crippen LogP) is 5.06. The highest BCUT2D eigenvalue weighted by Crippen LogP contribution is 2.61. The van der Waals surface area contributed by atoms with Crippen LogP contribution in [0.5, 0.6) is 0 Å². The maximum Gasteiger partial charge on any atom is 0.366 e. The summed E-state index contributed by atoms with van der Waals surface area (Å²) in [6.07, 6.45) is 3.46. The van der Waals surface area contributed by atoms with Crippen LogP contribution >= 0.6 is 7.60 Å². The Bertz CT molecular complexity index is 966. The summed E-state index contributed by atoms with van der Waals surface area (Å²) in [5, 5.41) is 0. The number of ether oxygens (including phenoxy) is 1. The molecule has 29 heavy (non-hydrogen) atoms. The third kappa shape index (κ3) is 4.33. The van der Waals surface area contributed by atoms with Crippen LogP contribution in [0.3, 0.4) is 0 Å². The van der Waals surface area contributed by atoms with Gasteiger partial charge in [0.1, 0.15) is 0 Å². The summed E-state index contributed by atoms with van der Waals surface area (Å²) in [5.74, 6) is -0.478. The highest BCUT2D eigenvalue weighted by Gasteiger charge is 2.41. The van der Waals surface area contributed by atoms with Crippen molar-refractivity contribution in [1.29, 1.82) is 0 Å². The summed E-state index contributed by atoms with van der Waals surface area (Å²) >= 11 is 0. The fourth-order valence-electron chi connectivity index (χ4n) is 3.28. The molecule has 0 N–H and O–H groups in total. The second kappa shape index (κ2) is 9.46. The molecule has 0 aliphatic rings. The topological polar surface area (TPSA) is 75.5 Å². The van der Waals surface area contributed by atoms with Gasteiger partial charge >= 0.3 is 7.60 Å². The minimum absolute atomic E-state index is 0.240. The van der Waals surface area contributed by atoms with E-state index < -0.39 is 13.4 Å². The van der Waals surface area contributed by atoms with Crippen LogP contribution < -0.4 is 0 Å². The van der Waals surface area contributed by atoms with E-state index in [0.717, 1.165) is 22.5 Å². The van der Waals surface area contributed by atoms with E-state index in [0.29, 0.717) is 5.82 Å². The zero-order valence-corrected chi connectivity index (χ0v) is 18.0. The maximum atomic E-state index is 13.5. The Morgan fingerprint density at radius 3 is 2.17 bits per heavy atom. The van der Waals surface area contributed by atoms with Gasteiger partial charge in [-0.15, -0.1) is 0 Å². The molecule has 0 saturated carbocycles. The zero-order valence-electron chi connectivity index (χ0n) is 17.1. The molecule has 0 bridgehead atoms. The van der Waals surface area contributed by atoms with Crippen molar-refractivity contribution in [3.05, 3.63) is 60.7 Å². The van der Waals surface area contributed by atoms with E-state index in [1.165, 1.54) is 7.11 Å². The van der Waals surface area contributed by atoms with Crippen LogP contribution in [-0.4, -0.2) is 34.9 Å². The second-order valence-electron chi connectivity index (χ2n) is 6.29. The van der Waals surface area contributed by atoms with Crippen molar-refractivity contribution in [2.45, 2.75) is 19.7 Å². The van der Waals surface area contributed by atoms with Crippen LogP contribution in [0.25, 0.3) is 22.5 Å². The highest BCUT2D eigenvalue weighted by molar-refractivity contribution is 7.54. The van der Waals surface area contributed by atoms with Crippen LogP contribution in [0.15, 0.2) is 54.9 Å². The Kier molecular flexibility index (Phi) is 6.98. The standard InChI is InChI=1S/C21H26N3O4P/c1-5-27-29(25,28-6-2)21(26-4)20-23-18(16-10-8-7-9-11-16)19(24(20)3)17-12-14-22-15-13-17/h7-15,21H,5-6H2,1-4H3. The van der Waals surface area contributed by atoms with Crippen molar-refractivity contribution in [3.63, 3.8) is 0 Å². The molecule has 2 aromatic heterocycles. The summed E-state index contributed by atoms with van der Waals surface area (Å²) in [4.78, 5) is 8.95. The maximum absolute atomic E-state index is 13.5. The molecule has 1 unspecified atom stereocenters. The third-order valence-electron chi connectivity index (χ3n) is 4.48.